The maximum Gasteiger partial charge on any atom is 0.407 e. The first kappa shape index (κ1) is 17.3. The molecule has 0 saturated carbocycles. The molecular weight excluding hydrogens is 292 g/mol. The monoisotopic (exact) mass is 318 g/mol. The van der Waals surface area contributed by atoms with Crippen molar-refractivity contribution in [1.82, 2.24) is 20.0 Å². The van der Waals surface area contributed by atoms with Crippen molar-refractivity contribution in [3.05, 3.63) is 36.3 Å². The lowest BCUT2D eigenvalue weighted by Crippen LogP contribution is -2.38. The van der Waals surface area contributed by atoms with E-state index in [0.29, 0.717) is 6.54 Å². The molecule has 0 aliphatic heterocycles. The summed E-state index contributed by atoms with van der Waals surface area (Å²) in [6, 6.07) is 5.99. The predicted molar refractivity (Wildman–Crippen MR) is 90.3 cm³/mol. The van der Waals surface area contributed by atoms with Gasteiger partial charge in [0.25, 0.3) is 0 Å². The van der Waals surface area contributed by atoms with Crippen molar-refractivity contribution >= 4 is 11.7 Å². The SMILES string of the molecule is CC(CCNCc1cn2ccccc2n1)NC(=O)OC(C)(C)C. The average Bonchev–Trinajstić information content (AvgIpc) is 2.84. The Morgan fingerprint density at radius 2 is 2.17 bits per heavy atom. The van der Waals surface area contributed by atoms with Gasteiger partial charge in [0.05, 0.1) is 5.69 Å². The zero-order chi connectivity index (χ0) is 16.9. The zero-order valence-electron chi connectivity index (χ0n) is 14.3. The highest BCUT2D eigenvalue weighted by Crippen LogP contribution is 2.07. The first-order valence-electron chi connectivity index (χ1n) is 7.96. The Bertz CT molecular complexity index is 612. The number of pyridine rings is 1. The van der Waals surface area contributed by atoms with Crippen molar-refractivity contribution in [2.24, 2.45) is 0 Å². The van der Waals surface area contributed by atoms with Crippen LogP contribution in [-0.4, -0.2) is 33.7 Å². The van der Waals surface area contributed by atoms with Gasteiger partial charge in [-0.3, -0.25) is 0 Å². The van der Waals surface area contributed by atoms with Crippen LogP contribution >= 0.6 is 0 Å². The fourth-order valence-corrected chi connectivity index (χ4v) is 2.19. The van der Waals surface area contributed by atoms with E-state index >= 15 is 0 Å². The number of nitrogens with one attached hydrogen (secondary N) is 2. The third-order valence-corrected chi connectivity index (χ3v) is 3.24. The minimum Gasteiger partial charge on any atom is -0.444 e. The molecule has 1 amide bonds. The van der Waals surface area contributed by atoms with Crippen LogP contribution in [0.2, 0.25) is 0 Å². The van der Waals surface area contributed by atoms with Crippen LogP contribution in [-0.2, 0) is 11.3 Å². The Hall–Kier alpha value is -2.08. The second-order valence-corrected chi connectivity index (χ2v) is 6.71. The second kappa shape index (κ2) is 7.46. The molecule has 0 saturated heterocycles. The van der Waals surface area contributed by atoms with E-state index in [1.165, 1.54) is 0 Å². The molecule has 2 N–H and O–H groups in total. The fraction of sp³-hybridized carbons (Fsp3) is 0.529. The third-order valence-electron chi connectivity index (χ3n) is 3.24. The maximum absolute atomic E-state index is 11.7. The topological polar surface area (TPSA) is 67.7 Å². The number of carbonyl (C=O) groups excluding carboxylic acids is 1. The number of nitrogens with zero attached hydrogens (tertiary/aromatic N) is 2. The molecule has 0 aromatic carbocycles. The number of carbonyl (C=O) groups is 1. The van der Waals surface area contributed by atoms with Crippen LogP contribution in [0.1, 0.15) is 39.8 Å². The number of hydrogen-bond acceptors (Lipinski definition) is 4. The summed E-state index contributed by atoms with van der Waals surface area (Å²) >= 11 is 0. The molecule has 2 rings (SSSR count). The summed E-state index contributed by atoms with van der Waals surface area (Å²) in [5.41, 5.74) is 1.48. The van der Waals surface area contributed by atoms with Gasteiger partial charge >= 0.3 is 6.09 Å². The van der Waals surface area contributed by atoms with Gasteiger partial charge in [-0.25, -0.2) is 9.78 Å². The first-order chi connectivity index (χ1) is 10.8. The Balaban J connectivity index is 1.67. The number of imidazole rings is 1. The summed E-state index contributed by atoms with van der Waals surface area (Å²) in [5, 5.41) is 6.18. The van der Waals surface area contributed by atoms with Crippen LogP contribution in [0.3, 0.4) is 0 Å². The third kappa shape index (κ3) is 5.90. The molecule has 1 atom stereocenters. The average molecular weight is 318 g/mol. The summed E-state index contributed by atoms with van der Waals surface area (Å²) in [4.78, 5) is 16.2. The smallest absolute Gasteiger partial charge is 0.407 e. The lowest BCUT2D eigenvalue weighted by molar-refractivity contribution is 0.0506. The maximum atomic E-state index is 11.7. The lowest BCUT2D eigenvalue weighted by atomic mass is 10.2. The molecule has 1 unspecified atom stereocenters. The van der Waals surface area contributed by atoms with E-state index in [-0.39, 0.29) is 12.1 Å². The summed E-state index contributed by atoms with van der Waals surface area (Å²) in [6.07, 6.45) is 4.46. The highest BCUT2D eigenvalue weighted by molar-refractivity contribution is 5.67. The molecule has 0 radical (unpaired) electrons. The second-order valence-electron chi connectivity index (χ2n) is 6.71. The number of hydrogen-bond donors (Lipinski definition) is 2. The molecule has 0 fully saturated rings. The van der Waals surface area contributed by atoms with Gasteiger partial charge in [-0.05, 0) is 52.8 Å². The van der Waals surface area contributed by atoms with Crippen molar-refractivity contribution in [1.29, 1.82) is 0 Å². The van der Waals surface area contributed by atoms with E-state index in [2.05, 4.69) is 15.6 Å². The van der Waals surface area contributed by atoms with Gasteiger partial charge < -0.3 is 19.8 Å². The zero-order valence-corrected chi connectivity index (χ0v) is 14.3. The Labute approximate surface area is 137 Å². The van der Waals surface area contributed by atoms with Gasteiger partial charge in [-0.15, -0.1) is 0 Å². The lowest BCUT2D eigenvalue weighted by Gasteiger charge is -2.22. The van der Waals surface area contributed by atoms with Crippen molar-refractivity contribution in [2.45, 2.75) is 52.3 Å². The van der Waals surface area contributed by atoms with Crippen LogP contribution in [0.15, 0.2) is 30.6 Å². The molecule has 0 spiro atoms. The number of amides is 1. The number of aromatic nitrogens is 2. The molecule has 2 heterocycles. The summed E-state index contributed by atoms with van der Waals surface area (Å²) in [7, 11) is 0. The number of rotatable bonds is 6. The Morgan fingerprint density at radius 1 is 1.39 bits per heavy atom. The summed E-state index contributed by atoms with van der Waals surface area (Å²) in [6.45, 7) is 9.04. The molecule has 2 aromatic heterocycles. The minimum atomic E-state index is -0.467. The molecule has 23 heavy (non-hydrogen) atoms. The molecule has 0 aliphatic carbocycles. The van der Waals surface area contributed by atoms with Crippen LogP contribution in [0.25, 0.3) is 5.65 Å². The number of alkyl carbamates (subject to hydrolysis) is 1. The van der Waals surface area contributed by atoms with Crippen molar-refractivity contribution < 1.29 is 9.53 Å². The van der Waals surface area contributed by atoms with E-state index in [0.717, 1.165) is 24.3 Å². The molecule has 0 aliphatic rings. The molecule has 126 valence electrons. The van der Waals surface area contributed by atoms with E-state index < -0.39 is 5.60 Å². The van der Waals surface area contributed by atoms with Gasteiger partial charge in [0, 0.05) is 25.0 Å². The van der Waals surface area contributed by atoms with Crippen LogP contribution in [0.4, 0.5) is 4.79 Å². The van der Waals surface area contributed by atoms with E-state index in [4.69, 9.17) is 4.74 Å². The minimum absolute atomic E-state index is 0.0541. The summed E-state index contributed by atoms with van der Waals surface area (Å²) in [5.74, 6) is 0. The summed E-state index contributed by atoms with van der Waals surface area (Å²) < 4.78 is 7.24. The van der Waals surface area contributed by atoms with Gasteiger partial charge in [-0.1, -0.05) is 6.07 Å². The molecule has 6 nitrogen and oxygen atoms in total. The highest BCUT2D eigenvalue weighted by Gasteiger charge is 2.17. The Morgan fingerprint density at radius 3 is 2.87 bits per heavy atom. The van der Waals surface area contributed by atoms with Gasteiger partial charge in [0.2, 0.25) is 0 Å². The fourth-order valence-electron chi connectivity index (χ4n) is 2.19. The van der Waals surface area contributed by atoms with Crippen molar-refractivity contribution in [2.75, 3.05) is 6.54 Å². The standard InChI is InChI=1S/C17H26N4O2/c1-13(19-16(22)23-17(2,3)4)8-9-18-11-14-12-21-10-6-5-7-15(21)20-14/h5-7,10,12-13,18H,8-9,11H2,1-4H3,(H,19,22). The predicted octanol–water partition coefficient (Wildman–Crippen LogP) is 2.73. The van der Waals surface area contributed by atoms with Gasteiger partial charge in [0.1, 0.15) is 11.2 Å². The van der Waals surface area contributed by atoms with Gasteiger partial charge in [-0.2, -0.15) is 0 Å². The van der Waals surface area contributed by atoms with Crippen molar-refractivity contribution in [3.8, 4) is 0 Å². The largest absolute Gasteiger partial charge is 0.444 e. The van der Waals surface area contributed by atoms with E-state index in [9.17, 15) is 4.79 Å². The molecular formula is C17H26N4O2. The molecule has 2 aromatic rings. The number of ether oxygens (including phenoxy) is 1. The van der Waals surface area contributed by atoms with Crippen molar-refractivity contribution in [3.63, 3.8) is 0 Å². The molecule has 6 heteroatoms. The number of fused-ring (bicyclic) bond motifs is 1. The molecule has 0 bridgehead atoms. The van der Waals surface area contributed by atoms with E-state index in [1.54, 1.807) is 0 Å². The normalized spacial score (nSPS) is 13.0. The van der Waals surface area contributed by atoms with Crippen LogP contribution < -0.4 is 10.6 Å². The first-order valence-corrected chi connectivity index (χ1v) is 7.96. The van der Waals surface area contributed by atoms with Gasteiger partial charge in [0.15, 0.2) is 0 Å². The Kier molecular flexibility index (Phi) is 5.60. The van der Waals surface area contributed by atoms with Crippen LogP contribution in [0, 0.1) is 0 Å². The van der Waals surface area contributed by atoms with E-state index in [1.807, 2.05) is 62.7 Å². The van der Waals surface area contributed by atoms with Crippen LogP contribution in [0.5, 0.6) is 0 Å². The highest BCUT2D eigenvalue weighted by atomic mass is 16.6. The quantitative estimate of drug-likeness (QED) is 0.804.